The lowest BCUT2D eigenvalue weighted by atomic mass is 10.0. The average Bonchev–Trinajstić information content (AvgIpc) is 2.47. The summed E-state index contributed by atoms with van der Waals surface area (Å²) in [6, 6.07) is 5.51. The van der Waals surface area contributed by atoms with Crippen LogP contribution in [0.5, 0.6) is 0 Å². The number of rotatable bonds is 2. The van der Waals surface area contributed by atoms with Crippen molar-refractivity contribution >= 4 is 33.3 Å². The number of nitrogens with zero attached hydrogens (tertiary/aromatic N) is 2. The maximum Gasteiger partial charge on any atom is 0.304 e. The number of fused-ring (bicyclic) bond motifs is 1. The van der Waals surface area contributed by atoms with Crippen molar-refractivity contribution in [3.05, 3.63) is 18.2 Å². The van der Waals surface area contributed by atoms with Gasteiger partial charge in [-0.3, -0.25) is 4.31 Å². The van der Waals surface area contributed by atoms with Gasteiger partial charge >= 0.3 is 10.2 Å². The van der Waals surface area contributed by atoms with Gasteiger partial charge in [-0.15, -0.1) is 11.8 Å². The van der Waals surface area contributed by atoms with E-state index in [4.69, 9.17) is 5.73 Å². The van der Waals surface area contributed by atoms with E-state index in [1.165, 1.54) is 4.31 Å². The topological polar surface area (TPSA) is 66.6 Å². The van der Waals surface area contributed by atoms with Gasteiger partial charge in [0.25, 0.3) is 0 Å². The summed E-state index contributed by atoms with van der Waals surface area (Å²) in [5.41, 5.74) is 7.17. The molecule has 1 fully saturated rings. The molecule has 2 aliphatic heterocycles. The van der Waals surface area contributed by atoms with E-state index in [-0.39, 0.29) is 0 Å². The number of hydrogen-bond donors (Lipinski definition) is 1. The van der Waals surface area contributed by atoms with E-state index in [1.54, 1.807) is 22.1 Å². The third-order valence-corrected chi connectivity index (χ3v) is 7.15. The first-order chi connectivity index (χ1) is 9.98. The molecule has 0 atom stereocenters. The van der Waals surface area contributed by atoms with Gasteiger partial charge in [-0.05, 0) is 37.0 Å². The molecule has 0 spiro atoms. The summed E-state index contributed by atoms with van der Waals surface area (Å²) in [5, 5.41) is 0. The number of thioether (sulfide) groups is 1. The van der Waals surface area contributed by atoms with E-state index in [9.17, 15) is 8.42 Å². The molecule has 0 radical (unpaired) electrons. The lowest BCUT2D eigenvalue weighted by Crippen LogP contribution is -2.48. The Hall–Kier alpha value is -0.920. The van der Waals surface area contributed by atoms with Crippen LogP contribution in [0.4, 0.5) is 11.4 Å². The first kappa shape index (κ1) is 15.0. The summed E-state index contributed by atoms with van der Waals surface area (Å²) in [4.78, 5) is 0.990. The number of anilines is 2. The zero-order valence-corrected chi connectivity index (χ0v) is 13.8. The highest BCUT2D eigenvalue weighted by molar-refractivity contribution is 7.99. The normalized spacial score (nSPS) is 21.3. The van der Waals surface area contributed by atoms with Crippen LogP contribution in [0.1, 0.15) is 19.8 Å². The minimum Gasteiger partial charge on any atom is -0.399 e. The predicted octanol–water partition coefficient (Wildman–Crippen LogP) is 2.16. The fourth-order valence-corrected chi connectivity index (χ4v) is 5.63. The van der Waals surface area contributed by atoms with Crippen LogP contribution in [0.3, 0.4) is 0 Å². The van der Waals surface area contributed by atoms with Crippen LogP contribution >= 0.6 is 11.8 Å². The van der Waals surface area contributed by atoms with Crippen molar-refractivity contribution in [3.8, 4) is 0 Å². The van der Waals surface area contributed by atoms with E-state index in [1.807, 2.05) is 12.1 Å². The third kappa shape index (κ3) is 2.86. The molecule has 2 heterocycles. The number of nitrogens with two attached hydrogens (primary N) is 1. The fraction of sp³-hybridized carbons (Fsp3) is 0.571. The molecule has 2 aliphatic rings. The van der Waals surface area contributed by atoms with Gasteiger partial charge in [0.2, 0.25) is 0 Å². The molecule has 5 nitrogen and oxygen atoms in total. The first-order valence-electron chi connectivity index (χ1n) is 7.28. The maximum absolute atomic E-state index is 12.9. The Morgan fingerprint density at radius 1 is 1.24 bits per heavy atom. The van der Waals surface area contributed by atoms with Crippen LogP contribution in [0.25, 0.3) is 0 Å². The molecule has 0 saturated carbocycles. The lowest BCUT2D eigenvalue weighted by molar-refractivity contribution is 0.287. The molecule has 1 aromatic carbocycles. The Kier molecular flexibility index (Phi) is 4.07. The minimum absolute atomic E-state index is 0.509. The summed E-state index contributed by atoms with van der Waals surface area (Å²) in [6.07, 6.45) is 1.87. The smallest absolute Gasteiger partial charge is 0.304 e. The van der Waals surface area contributed by atoms with Gasteiger partial charge in [0.15, 0.2) is 0 Å². The van der Waals surface area contributed by atoms with Gasteiger partial charge in [-0.1, -0.05) is 6.92 Å². The Balaban J connectivity index is 1.92. The van der Waals surface area contributed by atoms with Gasteiger partial charge in [0, 0.05) is 36.0 Å². The average molecular weight is 327 g/mol. The fourth-order valence-electron chi connectivity index (χ4n) is 2.80. The van der Waals surface area contributed by atoms with E-state index in [2.05, 4.69) is 6.92 Å². The highest BCUT2D eigenvalue weighted by Gasteiger charge is 2.34. The second-order valence-corrected chi connectivity index (χ2v) is 8.73. The highest BCUT2D eigenvalue weighted by atomic mass is 32.2. The SMILES string of the molecule is CC1CCN(S(=O)(=O)N2CCSc3ccc(N)cc32)CC1. The first-order valence-corrected chi connectivity index (χ1v) is 9.67. The Morgan fingerprint density at radius 2 is 1.95 bits per heavy atom. The second-order valence-electron chi connectivity index (χ2n) is 5.74. The molecular weight excluding hydrogens is 306 g/mol. The van der Waals surface area contributed by atoms with Crippen LogP contribution in [0, 0.1) is 5.92 Å². The molecular formula is C14H21N3O2S2. The Bertz CT molecular complexity index is 625. The van der Waals surface area contributed by atoms with Gasteiger partial charge in [0.1, 0.15) is 0 Å². The molecule has 7 heteroatoms. The molecule has 1 saturated heterocycles. The zero-order valence-electron chi connectivity index (χ0n) is 12.2. The summed E-state index contributed by atoms with van der Waals surface area (Å²) in [7, 11) is -3.44. The third-order valence-electron chi connectivity index (χ3n) is 4.15. The largest absolute Gasteiger partial charge is 0.399 e. The van der Waals surface area contributed by atoms with Crippen LogP contribution in [-0.2, 0) is 10.2 Å². The summed E-state index contributed by atoms with van der Waals surface area (Å²) < 4.78 is 29.0. The predicted molar refractivity (Wildman–Crippen MR) is 87.8 cm³/mol. The van der Waals surface area contributed by atoms with E-state index < -0.39 is 10.2 Å². The Morgan fingerprint density at radius 3 is 2.67 bits per heavy atom. The van der Waals surface area contributed by atoms with Gasteiger partial charge in [0.05, 0.1) is 5.69 Å². The van der Waals surface area contributed by atoms with Crippen molar-refractivity contribution in [1.82, 2.24) is 4.31 Å². The summed E-state index contributed by atoms with van der Waals surface area (Å²) >= 11 is 1.68. The van der Waals surface area contributed by atoms with Crippen molar-refractivity contribution in [2.75, 3.05) is 35.4 Å². The van der Waals surface area contributed by atoms with Crippen molar-refractivity contribution in [2.45, 2.75) is 24.7 Å². The maximum atomic E-state index is 12.9. The van der Waals surface area contributed by atoms with Crippen molar-refractivity contribution < 1.29 is 8.42 Å². The van der Waals surface area contributed by atoms with Gasteiger partial charge in [-0.25, -0.2) is 0 Å². The molecule has 1 aromatic rings. The van der Waals surface area contributed by atoms with Crippen LogP contribution in [-0.4, -0.2) is 38.1 Å². The number of benzene rings is 1. The molecule has 21 heavy (non-hydrogen) atoms. The monoisotopic (exact) mass is 327 g/mol. The quantitative estimate of drug-likeness (QED) is 0.845. The molecule has 0 bridgehead atoms. The number of piperidine rings is 1. The number of nitrogen functional groups attached to an aromatic ring is 1. The molecule has 0 aromatic heterocycles. The van der Waals surface area contributed by atoms with E-state index in [0.29, 0.717) is 31.2 Å². The van der Waals surface area contributed by atoms with Crippen molar-refractivity contribution in [1.29, 1.82) is 0 Å². The molecule has 0 unspecified atom stereocenters. The minimum atomic E-state index is -3.44. The van der Waals surface area contributed by atoms with Gasteiger partial charge in [-0.2, -0.15) is 12.7 Å². The van der Waals surface area contributed by atoms with E-state index in [0.717, 1.165) is 29.2 Å². The van der Waals surface area contributed by atoms with Crippen LogP contribution < -0.4 is 10.0 Å². The van der Waals surface area contributed by atoms with Crippen LogP contribution in [0.2, 0.25) is 0 Å². The van der Waals surface area contributed by atoms with Crippen LogP contribution in [0.15, 0.2) is 23.1 Å². The molecule has 0 aliphatic carbocycles. The molecule has 2 N–H and O–H groups in total. The molecule has 3 rings (SSSR count). The second kappa shape index (κ2) is 5.70. The van der Waals surface area contributed by atoms with Crippen molar-refractivity contribution in [2.24, 2.45) is 5.92 Å². The lowest BCUT2D eigenvalue weighted by Gasteiger charge is -2.37. The Labute approximate surface area is 130 Å². The zero-order chi connectivity index (χ0) is 15.0. The number of hydrogen-bond acceptors (Lipinski definition) is 4. The standard InChI is InChI=1S/C14H21N3O2S2/c1-11-4-6-16(7-5-11)21(18,19)17-8-9-20-14-3-2-12(15)10-13(14)17/h2-3,10-11H,4-9,15H2,1H3. The highest BCUT2D eigenvalue weighted by Crippen LogP contribution is 2.38. The summed E-state index contributed by atoms with van der Waals surface area (Å²) in [6.45, 7) is 3.92. The van der Waals surface area contributed by atoms with Crippen molar-refractivity contribution in [3.63, 3.8) is 0 Å². The molecule has 116 valence electrons. The van der Waals surface area contributed by atoms with Gasteiger partial charge < -0.3 is 5.73 Å². The van der Waals surface area contributed by atoms with E-state index >= 15 is 0 Å². The summed E-state index contributed by atoms with van der Waals surface area (Å²) in [5.74, 6) is 1.39. The molecule has 0 amide bonds.